The first-order valence-corrected chi connectivity index (χ1v) is 6.70. The van der Waals surface area contributed by atoms with E-state index in [4.69, 9.17) is 12.2 Å². The molecule has 0 aliphatic rings. The summed E-state index contributed by atoms with van der Waals surface area (Å²) in [5, 5.41) is 9.14. The molecule has 17 heavy (non-hydrogen) atoms. The van der Waals surface area contributed by atoms with Gasteiger partial charge in [0.15, 0.2) is 5.11 Å². The summed E-state index contributed by atoms with van der Waals surface area (Å²) in [6, 6.07) is 14.3. The molecule has 2 aromatic rings. The molecular formula is C13H14N2S2. The fourth-order valence-electron chi connectivity index (χ4n) is 1.49. The molecule has 0 aliphatic heterocycles. The molecule has 0 amide bonds. The van der Waals surface area contributed by atoms with Crippen LogP contribution in [0.3, 0.4) is 0 Å². The van der Waals surface area contributed by atoms with E-state index in [-0.39, 0.29) is 6.04 Å². The lowest BCUT2D eigenvalue weighted by Crippen LogP contribution is -2.30. The van der Waals surface area contributed by atoms with E-state index in [1.807, 2.05) is 36.4 Å². The van der Waals surface area contributed by atoms with Gasteiger partial charge < -0.3 is 10.6 Å². The summed E-state index contributed by atoms with van der Waals surface area (Å²) in [4.78, 5) is 1.28. The van der Waals surface area contributed by atoms with Crippen LogP contribution in [0.4, 0.5) is 5.69 Å². The normalized spacial score (nSPS) is 11.8. The lowest BCUT2D eigenvalue weighted by atomic mass is 10.3. The van der Waals surface area contributed by atoms with Crippen molar-refractivity contribution < 1.29 is 0 Å². The molecule has 0 saturated carbocycles. The Morgan fingerprint density at radius 1 is 1.18 bits per heavy atom. The van der Waals surface area contributed by atoms with E-state index in [0.29, 0.717) is 5.11 Å². The van der Waals surface area contributed by atoms with Crippen molar-refractivity contribution in [1.82, 2.24) is 5.32 Å². The van der Waals surface area contributed by atoms with Gasteiger partial charge in [0.1, 0.15) is 0 Å². The maximum Gasteiger partial charge on any atom is 0.171 e. The topological polar surface area (TPSA) is 24.1 Å². The molecule has 0 unspecified atom stereocenters. The Bertz CT molecular complexity index is 465. The Morgan fingerprint density at radius 3 is 2.59 bits per heavy atom. The lowest BCUT2D eigenvalue weighted by Gasteiger charge is -2.15. The highest BCUT2D eigenvalue weighted by Gasteiger charge is 2.07. The zero-order valence-corrected chi connectivity index (χ0v) is 11.1. The number of hydrogen-bond donors (Lipinski definition) is 2. The molecule has 0 saturated heterocycles. The van der Waals surface area contributed by atoms with Crippen molar-refractivity contribution in [3.8, 4) is 0 Å². The number of benzene rings is 1. The minimum atomic E-state index is 0.235. The molecular weight excluding hydrogens is 248 g/mol. The third-order valence-corrected chi connectivity index (χ3v) is 3.62. The Balaban J connectivity index is 1.90. The fourth-order valence-corrected chi connectivity index (χ4v) is 2.52. The first-order chi connectivity index (χ1) is 8.25. The zero-order chi connectivity index (χ0) is 12.1. The van der Waals surface area contributed by atoms with Crippen molar-refractivity contribution in [2.24, 2.45) is 0 Å². The second kappa shape index (κ2) is 5.80. The number of hydrogen-bond acceptors (Lipinski definition) is 2. The minimum Gasteiger partial charge on any atom is -0.355 e. The van der Waals surface area contributed by atoms with E-state index in [1.54, 1.807) is 11.3 Å². The molecule has 2 N–H and O–H groups in total. The maximum absolute atomic E-state index is 5.27. The summed E-state index contributed by atoms with van der Waals surface area (Å²) in [6.07, 6.45) is 0. The van der Waals surface area contributed by atoms with Crippen LogP contribution in [0.5, 0.6) is 0 Å². The predicted molar refractivity (Wildman–Crippen MR) is 78.5 cm³/mol. The Labute approximate surface area is 111 Å². The Hall–Kier alpha value is -1.39. The number of nitrogens with one attached hydrogen (secondary N) is 2. The molecule has 0 bridgehead atoms. The van der Waals surface area contributed by atoms with Gasteiger partial charge in [-0.05, 0) is 42.7 Å². The van der Waals surface area contributed by atoms with Gasteiger partial charge in [0.25, 0.3) is 0 Å². The third kappa shape index (κ3) is 3.54. The van der Waals surface area contributed by atoms with Crippen LogP contribution in [0.25, 0.3) is 0 Å². The van der Waals surface area contributed by atoms with Crippen molar-refractivity contribution in [3.63, 3.8) is 0 Å². The largest absolute Gasteiger partial charge is 0.355 e. The molecule has 0 spiro atoms. The van der Waals surface area contributed by atoms with Crippen LogP contribution in [0.15, 0.2) is 47.8 Å². The fraction of sp³-hybridized carbons (Fsp3) is 0.154. The monoisotopic (exact) mass is 262 g/mol. The van der Waals surface area contributed by atoms with Gasteiger partial charge in [0.2, 0.25) is 0 Å². The van der Waals surface area contributed by atoms with Crippen LogP contribution in [0.2, 0.25) is 0 Å². The number of rotatable bonds is 3. The first kappa shape index (κ1) is 12.1. The number of para-hydroxylation sites is 1. The number of thiocarbonyl (C=S) groups is 1. The van der Waals surface area contributed by atoms with Crippen molar-refractivity contribution >= 4 is 34.4 Å². The van der Waals surface area contributed by atoms with Crippen LogP contribution in [-0.4, -0.2) is 5.11 Å². The molecule has 2 rings (SSSR count). The Kier molecular flexibility index (Phi) is 4.12. The standard InChI is InChI=1S/C13H14N2S2/c1-10(12-8-5-9-17-12)14-13(16)15-11-6-3-2-4-7-11/h2-10H,1H3,(H2,14,15,16)/t10-/m0/s1. The SMILES string of the molecule is C[C@H](NC(=S)Nc1ccccc1)c1cccs1. The van der Waals surface area contributed by atoms with Crippen molar-refractivity contribution in [2.45, 2.75) is 13.0 Å². The van der Waals surface area contributed by atoms with E-state index in [2.05, 4.69) is 29.0 Å². The van der Waals surface area contributed by atoms with Gasteiger partial charge in [-0.1, -0.05) is 24.3 Å². The van der Waals surface area contributed by atoms with Gasteiger partial charge in [-0.15, -0.1) is 11.3 Å². The average molecular weight is 262 g/mol. The average Bonchev–Trinajstić information content (AvgIpc) is 2.83. The summed E-state index contributed by atoms with van der Waals surface area (Å²) in [7, 11) is 0. The molecule has 1 aromatic heterocycles. The highest BCUT2D eigenvalue weighted by Crippen LogP contribution is 2.18. The van der Waals surface area contributed by atoms with Crippen LogP contribution < -0.4 is 10.6 Å². The second-order valence-electron chi connectivity index (χ2n) is 3.70. The highest BCUT2D eigenvalue weighted by molar-refractivity contribution is 7.80. The van der Waals surface area contributed by atoms with Gasteiger partial charge in [0, 0.05) is 10.6 Å². The summed E-state index contributed by atoms with van der Waals surface area (Å²) >= 11 is 7.00. The van der Waals surface area contributed by atoms with Crippen LogP contribution in [0, 0.1) is 0 Å². The number of anilines is 1. The van der Waals surface area contributed by atoms with Gasteiger partial charge in [-0.25, -0.2) is 0 Å². The molecule has 1 heterocycles. The van der Waals surface area contributed by atoms with Crippen LogP contribution in [0.1, 0.15) is 17.8 Å². The molecule has 88 valence electrons. The van der Waals surface area contributed by atoms with E-state index in [1.165, 1.54) is 4.88 Å². The van der Waals surface area contributed by atoms with Gasteiger partial charge >= 0.3 is 0 Å². The highest BCUT2D eigenvalue weighted by atomic mass is 32.1. The maximum atomic E-state index is 5.27. The molecule has 0 radical (unpaired) electrons. The molecule has 1 aromatic carbocycles. The van der Waals surface area contributed by atoms with Crippen molar-refractivity contribution in [3.05, 3.63) is 52.7 Å². The molecule has 2 nitrogen and oxygen atoms in total. The zero-order valence-electron chi connectivity index (χ0n) is 9.51. The summed E-state index contributed by atoms with van der Waals surface area (Å²) in [5.41, 5.74) is 1.00. The summed E-state index contributed by atoms with van der Waals surface area (Å²) in [5.74, 6) is 0. The van der Waals surface area contributed by atoms with E-state index in [9.17, 15) is 0 Å². The molecule has 4 heteroatoms. The first-order valence-electron chi connectivity index (χ1n) is 5.41. The predicted octanol–water partition coefficient (Wildman–Crippen LogP) is 3.80. The van der Waals surface area contributed by atoms with Crippen LogP contribution >= 0.6 is 23.6 Å². The third-order valence-electron chi connectivity index (χ3n) is 2.35. The van der Waals surface area contributed by atoms with Gasteiger partial charge in [-0.3, -0.25) is 0 Å². The van der Waals surface area contributed by atoms with Gasteiger partial charge in [0.05, 0.1) is 6.04 Å². The second-order valence-corrected chi connectivity index (χ2v) is 5.09. The minimum absolute atomic E-state index is 0.235. The molecule has 1 atom stereocenters. The van der Waals surface area contributed by atoms with E-state index in [0.717, 1.165) is 5.69 Å². The molecule has 0 fully saturated rings. The lowest BCUT2D eigenvalue weighted by molar-refractivity contribution is 0.737. The summed E-state index contributed by atoms with van der Waals surface area (Å²) < 4.78 is 0. The van der Waals surface area contributed by atoms with Crippen molar-refractivity contribution in [1.29, 1.82) is 0 Å². The van der Waals surface area contributed by atoms with E-state index >= 15 is 0 Å². The van der Waals surface area contributed by atoms with Crippen molar-refractivity contribution in [2.75, 3.05) is 5.32 Å². The Morgan fingerprint density at radius 2 is 1.94 bits per heavy atom. The quantitative estimate of drug-likeness (QED) is 0.823. The number of thiophene rings is 1. The van der Waals surface area contributed by atoms with Crippen LogP contribution in [-0.2, 0) is 0 Å². The summed E-state index contributed by atoms with van der Waals surface area (Å²) in [6.45, 7) is 2.10. The molecule has 0 aliphatic carbocycles. The van der Waals surface area contributed by atoms with Gasteiger partial charge in [-0.2, -0.15) is 0 Å². The van der Waals surface area contributed by atoms with E-state index < -0.39 is 0 Å². The smallest absolute Gasteiger partial charge is 0.171 e.